The Hall–Kier alpha value is -2.11. The molecule has 0 bridgehead atoms. The van der Waals surface area contributed by atoms with Gasteiger partial charge >= 0.3 is 0 Å². The first-order chi connectivity index (χ1) is 11.7. The first kappa shape index (κ1) is 18.2. The normalized spacial score (nSPS) is 14.8. The van der Waals surface area contributed by atoms with Gasteiger partial charge in [0.25, 0.3) is 0 Å². The topological polar surface area (TPSA) is 68.8 Å². The van der Waals surface area contributed by atoms with Crippen LogP contribution in [0.25, 0.3) is 0 Å². The maximum Gasteiger partial charge on any atom is 0.239 e. The second kappa shape index (κ2) is 9.25. The molecule has 1 amide bonds. The van der Waals surface area contributed by atoms with E-state index in [1.807, 2.05) is 0 Å². The first-order valence-corrected chi connectivity index (χ1v) is 8.48. The molecule has 0 radical (unpaired) electrons. The number of benzene rings is 1. The predicted octanol–water partition coefficient (Wildman–Crippen LogP) is 2.82. The molecule has 0 saturated heterocycles. The van der Waals surface area contributed by atoms with Gasteiger partial charge in [-0.05, 0) is 18.8 Å². The quantitative estimate of drug-likeness (QED) is 0.764. The van der Waals surface area contributed by atoms with Crippen LogP contribution in [-0.4, -0.2) is 40.3 Å². The van der Waals surface area contributed by atoms with Crippen LogP contribution in [0.15, 0.2) is 12.1 Å². The molecule has 1 aliphatic carbocycles. The van der Waals surface area contributed by atoms with E-state index < -0.39 is 0 Å². The van der Waals surface area contributed by atoms with Crippen molar-refractivity contribution in [3.05, 3.63) is 12.1 Å². The van der Waals surface area contributed by atoms with E-state index in [0.717, 1.165) is 12.2 Å². The van der Waals surface area contributed by atoms with Crippen molar-refractivity contribution in [2.75, 3.05) is 39.7 Å². The zero-order valence-electron chi connectivity index (χ0n) is 14.8. The van der Waals surface area contributed by atoms with Gasteiger partial charge < -0.3 is 24.8 Å². The Balaban J connectivity index is 1.87. The number of rotatable bonds is 8. The highest BCUT2D eigenvalue weighted by Gasteiger charge is 2.15. The van der Waals surface area contributed by atoms with Crippen molar-refractivity contribution in [2.45, 2.75) is 32.1 Å². The lowest BCUT2D eigenvalue weighted by Crippen LogP contribution is -2.34. The molecule has 6 heteroatoms. The van der Waals surface area contributed by atoms with Crippen molar-refractivity contribution >= 4 is 11.6 Å². The lowest BCUT2D eigenvalue weighted by atomic mass is 9.89. The molecule has 1 saturated carbocycles. The minimum Gasteiger partial charge on any atom is -0.493 e. The third kappa shape index (κ3) is 4.94. The summed E-state index contributed by atoms with van der Waals surface area (Å²) in [5.74, 6) is 2.27. The highest BCUT2D eigenvalue weighted by Crippen LogP contribution is 2.39. The fraction of sp³-hybridized carbons (Fsp3) is 0.611. The summed E-state index contributed by atoms with van der Waals surface area (Å²) < 4.78 is 15.9. The summed E-state index contributed by atoms with van der Waals surface area (Å²) in [6.07, 6.45) is 6.34. The molecular weight excluding hydrogens is 308 g/mol. The summed E-state index contributed by atoms with van der Waals surface area (Å²) in [7, 11) is 4.70. The van der Waals surface area contributed by atoms with Gasteiger partial charge in [-0.15, -0.1) is 0 Å². The molecule has 134 valence electrons. The predicted molar refractivity (Wildman–Crippen MR) is 94.2 cm³/mol. The second-order valence-electron chi connectivity index (χ2n) is 6.08. The molecule has 2 rings (SSSR count). The Morgan fingerprint density at radius 2 is 1.67 bits per heavy atom. The van der Waals surface area contributed by atoms with E-state index in [9.17, 15) is 4.79 Å². The number of amides is 1. The molecule has 2 N–H and O–H groups in total. The smallest absolute Gasteiger partial charge is 0.239 e. The number of carbonyl (C=O) groups excluding carboxylic acids is 1. The Labute approximate surface area is 143 Å². The minimum absolute atomic E-state index is 0.00525. The highest BCUT2D eigenvalue weighted by molar-refractivity contribution is 5.81. The molecule has 0 atom stereocenters. The van der Waals surface area contributed by atoms with E-state index in [1.54, 1.807) is 33.5 Å². The Bertz CT molecular complexity index is 517. The molecular formula is C18H28N2O4. The van der Waals surface area contributed by atoms with Gasteiger partial charge in [0.1, 0.15) is 0 Å². The monoisotopic (exact) mass is 336 g/mol. The molecule has 1 fully saturated rings. The van der Waals surface area contributed by atoms with Crippen molar-refractivity contribution in [1.29, 1.82) is 0 Å². The molecule has 0 spiro atoms. The van der Waals surface area contributed by atoms with E-state index in [0.29, 0.717) is 23.2 Å². The third-order valence-electron chi connectivity index (χ3n) is 4.43. The average molecular weight is 336 g/mol. The lowest BCUT2D eigenvalue weighted by molar-refractivity contribution is -0.119. The summed E-state index contributed by atoms with van der Waals surface area (Å²) in [6, 6.07) is 3.57. The third-order valence-corrected chi connectivity index (χ3v) is 4.43. The van der Waals surface area contributed by atoms with Gasteiger partial charge in [-0.1, -0.05) is 19.3 Å². The number of anilines is 1. The standard InChI is InChI=1S/C18H28N2O4/c1-22-15-9-14(10-16(23-2)18(15)24-3)19-12-17(21)20-11-13-7-5-4-6-8-13/h9-10,13,19H,4-8,11-12H2,1-3H3,(H,20,21). The molecule has 0 unspecified atom stereocenters. The van der Waals surface area contributed by atoms with Crippen molar-refractivity contribution < 1.29 is 19.0 Å². The Kier molecular flexibility index (Phi) is 7.03. The fourth-order valence-corrected chi connectivity index (χ4v) is 3.08. The number of ether oxygens (including phenoxy) is 3. The summed E-state index contributed by atoms with van der Waals surface area (Å²) >= 11 is 0. The molecule has 0 aliphatic heterocycles. The molecule has 24 heavy (non-hydrogen) atoms. The molecule has 1 aromatic rings. The van der Waals surface area contributed by atoms with Crippen LogP contribution in [0.2, 0.25) is 0 Å². The minimum atomic E-state index is -0.00525. The summed E-state index contributed by atoms with van der Waals surface area (Å²) in [4.78, 5) is 12.0. The maximum absolute atomic E-state index is 12.0. The molecule has 1 aromatic carbocycles. The van der Waals surface area contributed by atoms with Crippen LogP contribution in [0.4, 0.5) is 5.69 Å². The second-order valence-corrected chi connectivity index (χ2v) is 6.08. The molecule has 1 aliphatic rings. The zero-order chi connectivity index (χ0) is 17.4. The van der Waals surface area contributed by atoms with Crippen LogP contribution in [0.3, 0.4) is 0 Å². The van der Waals surface area contributed by atoms with Crippen molar-refractivity contribution in [2.24, 2.45) is 5.92 Å². The Morgan fingerprint density at radius 1 is 1.04 bits per heavy atom. The van der Waals surface area contributed by atoms with Crippen molar-refractivity contribution in [1.82, 2.24) is 5.32 Å². The number of carbonyl (C=O) groups is 1. The van der Waals surface area contributed by atoms with Gasteiger partial charge in [-0.2, -0.15) is 0 Å². The van der Waals surface area contributed by atoms with Crippen LogP contribution in [0, 0.1) is 5.92 Å². The lowest BCUT2D eigenvalue weighted by Gasteiger charge is -2.21. The molecule has 0 heterocycles. The van der Waals surface area contributed by atoms with E-state index in [1.165, 1.54) is 32.1 Å². The number of methoxy groups -OCH3 is 3. The summed E-state index contributed by atoms with van der Waals surface area (Å²) in [6.45, 7) is 0.987. The van der Waals surface area contributed by atoms with Gasteiger partial charge in [0, 0.05) is 24.4 Å². The van der Waals surface area contributed by atoms with Crippen LogP contribution < -0.4 is 24.8 Å². The number of hydrogen-bond donors (Lipinski definition) is 2. The molecule has 6 nitrogen and oxygen atoms in total. The van der Waals surface area contributed by atoms with Gasteiger partial charge in [0.05, 0.1) is 27.9 Å². The largest absolute Gasteiger partial charge is 0.493 e. The maximum atomic E-state index is 12.0. The van der Waals surface area contributed by atoms with E-state index in [4.69, 9.17) is 14.2 Å². The zero-order valence-corrected chi connectivity index (χ0v) is 14.8. The number of nitrogens with one attached hydrogen (secondary N) is 2. The van der Waals surface area contributed by atoms with Crippen LogP contribution in [0.1, 0.15) is 32.1 Å². The van der Waals surface area contributed by atoms with E-state index in [2.05, 4.69) is 10.6 Å². The van der Waals surface area contributed by atoms with Gasteiger partial charge in [0.15, 0.2) is 11.5 Å². The first-order valence-electron chi connectivity index (χ1n) is 8.48. The highest BCUT2D eigenvalue weighted by atomic mass is 16.5. The van der Waals surface area contributed by atoms with E-state index in [-0.39, 0.29) is 12.5 Å². The number of hydrogen-bond acceptors (Lipinski definition) is 5. The van der Waals surface area contributed by atoms with Crippen LogP contribution in [-0.2, 0) is 4.79 Å². The summed E-state index contributed by atoms with van der Waals surface area (Å²) in [5, 5.41) is 6.12. The van der Waals surface area contributed by atoms with Crippen LogP contribution in [0.5, 0.6) is 17.2 Å². The molecule has 0 aromatic heterocycles. The average Bonchev–Trinajstić information content (AvgIpc) is 2.64. The van der Waals surface area contributed by atoms with Crippen molar-refractivity contribution in [3.63, 3.8) is 0 Å². The van der Waals surface area contributed by atoms with E-state index >= 15 is 0 Å². The van der Waals surface area contributed by atoms with Crippen molar-refractivity contribution in [3.8, 4) is 17.2 Å². The van der Waals surface area contributed by atoms with Gasteiger partial charge in [0.2, 0.25) is 11.7 Å². The van der Waals surface area contributed by atoms with Gasteiger partial charge in [-0.25, -0.2) is 0 Å². The SMILES string of the molecule is COc1cc(NCC(=O)NCC2CCCCC2)cc(OC)c1OC. The fourth-order valence-electron chi connectivity index (χ4n) is 3.08. The Morgan fingerprint density at radius 3 is 2.21 bits per heavy atom. The van der Waals surface area contributed by atoms with Crippen LogP contribution >= 0.6 is 0 Å². The summed E-state index contributed by atoms with van der Waals surface area (Å²) in [5.41, 5.74) is 0.748. The van der Waals surface area contributed by atoms with Gasteiger partial charge in [-0.3, -0.25) is 4.79 Å².